The van der Waals surface area contributed by atoms with Crippen LogP contribution in [0.3, 0.4) is 0 Å². The number of pyridine rings is 1. The van der Waals surface area contributed by atoms with Crippen LogP contribution in [0, 0.1) is 11.6 Å². The van der Waals surface area contributed by atoms with Crippen LogP contribution >= 0.6 is 0 Å². The lowest BCUT2D eigenvalue weighted by Crippen LogP contribution is -2.32. The fourth-order valence-electron chi connectivity index (χ4n) is 4.32. The lowest BCUT2D eigenvalue weighted by atomic mass is 9.95. The molecule has 8 heteroatoms. The quantitative estimate of drug-likeness (QED) is 0.585. The Hall–Kier alpha value is -3.26. The number of amides is 2. The molecule has 2 amide bonds. The molecule has 30 heavy (non-hydrogen) atoms. The summed E-state index contributed by atoms with van der Waals surface area (Å²) in [5.74, 6) is -1.61. The lowest BCUT2D eigenvalue weighted by Gasteiger charge is -2.28. The third kappa shape index (κ3) is 3.54. The van der Waals surface area contributed by atoms with Crippen molar-refractivity contribution in [3.05, 3.63) is 59.8 Å². The number of carbonyl (C=O) groups excluding carboxylic acids is 1. The number of nitrogens with one attached hydrogen (secondary N) is 3. The number of hydrogen-bond acceptors (Lipinski definition) is 3. The van der Waals surface area contributed by atoms with Crippen molar-refractivity contribution in [3.63, 3.8) is 0 Å². The number of carbonyl (C=O) groups is 1. The number of H-pyrrole nitrogens is 1. The van der Waals surface area contributed by atoms with Gasteiger partial charge in [0.05, 0.1) is 11.0 Å². The van der Waals surface area contributed by atoms with Gasteiger partial charge in [0.2, 0.25) is 0 Å². The SMILES string of the molecule is O=C(Nc1ccc(F)c(F)c1)Nc1ccc2[nH]cc(C3=CCN4CCCC4C3)c2n1. The lowest BCUT2D eigenvalue weighted by molar-refractivity contribution is 0.262. The highest BCUT2D eigenvalue weighted by Crippen LogP contribution is 2.34. The predicted molar refractivity (Wildman–Crippen MR) is 112 cm³/mol. The first-order valence-corrected chi connectivity index (χ1v) is 10.0. The van der Waals surface area contributed by atoms with Gasteiger partial charge < -0.3 is 10.3 Å². The van der Waals surface area contributed by atoms with Crippen molar-refractivity contribution in [3.8, 4) is 0 Å². The summed E-state index contributed by atoms with van der Waals surface area (Å²) >= 11 is 0. The number of halogens is 2. The molecular weight excluding hydrogens is 388 g/mol. The fourth-order valence-corrected chi connectivity index (χ4v) is 4.32. The molecule has 0 radical (unpaired) electrons. The molecule has 3 N–H and O–H groups in total. The highest BCUT2D eigenvalue weighted by molar-refractivity contribution is 6.00. The monoisotopic (exact) mass is 409 g/mol. The third-order valence-corrected chi connectivity index (χ3v) is 5.81. The molecule has 0 bridgehead atoms. The molecule has 1 unspecified atom stereocenters. The normalized spacial score (nSPS) is 18.9. The third-order valence-electron chi connectivity index (χ3n) is 5.81. The van der Waals surface area contributed by atoms with Gasteiger partial charge in [-0.25, -0.2) is 18.6 Å². The number of nitrogens with zero attached hydrogens (tertiary/aromatic N) is 2. The minimum absolute atomic E-state index is 0.156. The average Bonchev–Trinajstić information content (AvgIpc) is 3.36. The number of anilines is 2. The van der Waals surface area contributed by atoms with E-state index in [4.69, 9.17) is 0 Å². The molecule has 2 aromatic heterocycles. The second kappa shape index (κ2) is 7.53. The summed E-state index contributed by atoms with van der Waals surface area (Å²) in [6.07, 6.45) is 7.72. The summed E-state index contributed by atoms with van der Waals surface area (Å²) in [4.78, 5) is 22.6. The summed E-state index contributed by atoms with van der Waals surface area (Å²) in [5.41, 5.74) is 4.19. The number of aromatic nitrogens is 2. The number of fused-ring (bicyclic) bond motifs is 2. The van der Waals surface area contributed by atoms with Gasteiger partial charge in [-0.1, -0.05) is 6.08 Å². The van der Waals surface area contributed by atoms with Gasteiger partial charge in [0, 0.05) is 36.1 Å². The molecule has 1 atom stereocenters. The van der Waals surface area contributed by atoms with E-state index >= 15 is 0 Å². The Morgan fingerprint density at radius 3 is 2.93 bits per heavy atom. The molecule has 0 aliphatic carbocycles. The van der Waals surface area contributed by atoms with Gasteiger partial charge in [-0.3, -0.25) is 10.2 Å². The Bertz CT molecular complexity index is 1160. The number of aromatic amines is 1. The summed E-state index contributed by atoms with van der Waals surface area (Å²) in [6, 6.07) is 6.76. The van der Waals surface area contributed by atoms with Gasteiger partial charge in [-0.2, -0.15) is 0 Å². The van der Waals surface area contributed by atoms with E-state index in [1.165, 1.54) is 31.0 Å². The van der Waals surface area contributed by atoms with Crippen LogP contribution in [0.1, 0.15) is 24.8 Å². The first-order valence-electron chi connectivity index (χ1n) is 10.0. The summed E-state index contributed by atoms with van der Waals surface area (Å²) in [5, 5.41) is 5.14. The van der Waals surface area contributed by atoms with Crippen molar-refractivity contribution in [1.82, 2.24) is 14.9 Å². The van der Waals surface area contributed by atoms with Gasteiger partial charge in [-0.15, -0.1) is 0 Å². The van der Waals surface area contributed by atoms with Crippen molar-refractivity contribution < 1.29 is 13.6 Å². The minimum atomic E-state index is -1.02. The van der Waals surface area contributed by atoms with Gasteiger partial charge in [0.25, 0.3) is 0 Å². The van der Waals surface area contributed by atoms with E-state index in [-0.39, 0.29) is 5.69 Å². The standard InChI is InChI=1S/C22H21F2N5O/c23-17-4-3-14(11-18(17)24)26-22(30)28-20-6-5-19-21(27-20)16(12-25-19)13-7-9-29-8-1-2-15(29)10-13/h3-7,11-12,15,25H,1-2,8-10H2,(H2,26,27,28,30). The Balaban J connectivity index is 1.35. The van der Waals surface area contributed by atoms with Crippen LogP contribution < -0.4 is 10.6 Å². The van der Waals surface area contributed by atoms with E-state index in [1.807, 2.05) is 12.3 Å². The zero-order valence-corrected chi connectivity index (χ0v) is 16.2. The fraction of sp³-hybridized carbons (Fsp3) is 0.273. The molecule has 2 aliphatic rings. The Morgan fingerprint density at radius 1 is 1.17 bits per heavy atom. The van der Waals surface area contributed by atoms with Crippen LogP contribution in [0.4, 0.5) is 25.1 Å². The predicted octanol–water partition coefficient (Wildman–Crippen LogP) is 4.74. The van der Waals surface area contributed by atoms with Crippen LogP contribution in [0.15, 0.2) is 42.6 Å². The van der Waals surface area contributed by atoms with E-state index in [1.54, 1.807) is 6.07 Å². The smallest absolute Gasteiger partial charge is 0.324 e. The Labute approximate surface area is 172 Å². The molecular formula is C22H21F2N5O. The Morgan fingerprint density at radius 2 is 2.07 bits per heavy atom. The van der Waals surface area contributed by atoms with Crippen LogP contribution in [0.2, 0.25) is 0 Å². The topological polar surface area (TPSA) is 73.1 Å². The molecule has 1 saturated heterocycles. The maximum absolute atomic E-state index is 13.3. The summed E-state index contributed by atoms with van der Waals surface area (Å²) in [6.45, 7) is 2.13. The molecule has 4 heterocycles. The molecule has 0 spiro atoms. The largest absolute Gasteiger partial charge is 0.359 e. The average molecular weight is 409 g/mol. The van der Waals surface area contributed by atoms with Crippen molar-refractivity contribution in [2.24, 2.45) is 0 Å². The zero-order valence-electron chi connectivity index (χ0n) is 16.2. The number of urea groups is 1. The second-order valence-electron chi connectivity index (χ2n) is 7.73. The maximum atomic E-state index is 13.3. The second-order valence-corrected chi connectivity index (χ2v) is 7.73. The molecule has 3 aromatic rings. The van der Waals surface area contributed by atoms with Crippen LogP contribution in [-0.2, 0) is 0 Å². The number of benzene rings is 1. The van der Waals surface area contributed by atoms with E-state index in [9.17, 15) is 13.6 Å². The van der Waals surface area contributed by atoms with E-state index in [0.29, 0.717) is 11.9 Å². The number of rotatable bonds is 3. The van der Waals surface area contributed by atoms with Crippen molar-refractivity contribution in [2.45, 2.75) is 25.3 Å². The van der Waals surface area contributed by atoms with Gasteiger partial charge in [-0.05, 0) is 55.6 Å². The minimum Gasteiger partial charge on any atom is -0.359 e. The van der Waals surface area contributed by atoms with Gasteiger partial charge in [0.15, 0.2) is 11.6 Å². The summed E-state index contributed by atoms with van der Waals surface area (Å²) < 4.78 is 26.4. The van der Waals surface area contributed by atoms with E-state index in [2.05, 4.69) is 31.6 Å². The molecule has 1 fully saturated rings. The van der Waals surface area contributed by atoms with Gasteiger partial charge >= 0.3 is 6.03 Å². The molecule has 6 nitrogen and oxygen atoms in total. The molecule has 1 aromatic carbocycles. The van der Waals surface area contributed by atoms with Crippen molar-refractivity contribution >= 4 is 34.1 Å². The molecule has 154 valence electrons. The van der Waals surface area contributed by atoms with Crippen LogP contribution in [-0.4, -0.2) is 40.0 Å². The molecule has 5 rings (SSSR count). The Kier molecular flexibility index (Phi) is 4.71. The number of hydrogen-bond donors (Lipinski definition) is 3. The zero-order chi connectivity index (χ0) is 20.7. The van der Waals surface area contributed by atoms with Crippen LogP contribution in [0.25, 0.3) is 16.6 Å². The first-order chi connectivity index (χ1) is 14.6. The van der Waals surface area contributed by atoms with Crippen LogP contribution in [0.5, 0.6) is 0 Å². The molecule has 2 aliphatic heterocycles. The summed E-state index contributed by atoms with van der Waals surface area (Å²) in [7, 11) is 0. The molecule has 0 saturated carbocycles. The first kappa shape index (κ1) is 18.7. The van der Waals surface area contributed by atoms with Crippen molar-refractivity contribution in [1.29, 1.82) is 0 Å². The highest BCUT2D eigenvalue weighted by atomic mass is 19.2. The van der Waals surface area contributed by atoms with Crippen molar-refractivity contribution in [2.75, 3.05) is 23.7 Å². The van der Waals surface area contributed by atoms with Gasteiger partial charge in [0.1, 0.15) is 5.82 Å². The van der Waals surface area contributed by atoms with E-state index < -0.39 is 17.7 Å². The van der Waals surface area contributed by atoms with E-state index in [0.717, 1.165) is 41.7 Å². The highest BCUT2D eigenvalue weighted by Gasteiger charge is 2.28. The maximum Gasteiger partial charge on any atom is 0.324 e.